The molecule has 2 aliphatic carbocycles. The number of halogens is 1. The highest BCUT2D eigenvalue weighted by atomic mass is 19.1. The number of hydrogen-bond acceptors (Lipinski definition) is 4. The van der Waals surface area contributed by atoms with Gasteiger partial charge >= 0.3 is 0 Å². The van der Waals surface area contributed by atoms with Crippen molar-refractivity contribution in [3.05, 3.63) is 76.6 Å². The van der Waals surface area contributed by atoms with E-state index < -0.39 is 17.8 Å². The van der Waals surface area contributed by atoms with Gasteiger partial charge in [0, 0.05) is 42.7 Å². The average molecular weight is 599 g/mol. The minimum Gasteiger partial charge on any atom is -0.382 e. The quantitative estimate of drug-likeness (QED) is 0.338. The van der Waals surface area contributed by atoms with Crippen molar-refractivity contribution in [1.29, 1.82) is 0 Å². The van der Waals surface area contributed by atoms with Gasteiger partial charge in [0.05, 0.1) is 17.5 Å². The Bertz CT molecular complexity index is 1440. The van der Waals surface area contributed by atoms with E-state index in [1.165, 1.54) is 55.9 Å². The number of rotatable bonds is 7. The molecule has 0 spiro atoms. The molecular weight excluding hydrogens is 551 g/mol. The first-order valence-electron chi connectivity index (χ1n) is 16.7. The third-order valence-corrected chi connectivity index (χ3v) is 10.4. The van der Waals surface area contributed by atoms with Crippen LogP contribution in [0.5, 0.6) is 0 Å². The van der Waals surface area contributed by atoms with Crippen molar-refractivity contribution in [2.75, 3.05) is 35.2 Å². The standard InChI is InChI=1S/C37H47FN4O2/c1-24-13-19-32(38)34(26(24)3)37(44)42-22-8-11-31(35(42)27-14-17-29(18-15-27)39-28-9-4-5-10-28)36(43)40-30-16-12-25(2)33(23-30)41-20-6-7-21-41/h12,14-19,23-24,28,31,35,39H,4-11,13,20-22H2,1-3H3,(H,40,43)/t24?,31-,35-/m1/s1. The number of aryl methyl sites for hydroxylation is 1. The Morgan fingerprint density at radius 2 is 1.57 bits per heavy atom. The van der Waals surface area contributed by atoms with Crippen LogP contribution < -0.4 is 15.5 Å². The van der Waals surface area contributed by atoms with Gasteiger partial charge in [0.15, 0.2) is 0 Å². The van der Waals surface area contributed by atoms with E-state index in [2.05, 4.69) is 46.7 Å². The zero-order valence-corrected chi connectivity index (χ0v) is 26.5. The van der Waals surface area contributed by atoms with Crippen LogP contribution in [-0.4, -0.2) is 42.4 Å². The van der Waals surface area contributed by atoms with Crippen molar-refractivity contribution in [3.8, 4) is 0 Å². The molecular formula is C37H47FN4O2. The van der Waals surface area contributed by atoms with Gasteiger partial charge in [0.25, 0.3) is 5.91 Å². The normalized spacial score (nSPS) is 24.5. The highest BCUT2D eigenvalue weighted by Crippen LogP contribution is 2.41. The maximum atomic E-state index is 15.3. The van der Waals surface area contributed by atoms with E-state index in [4.69, 9.17) is 0 Å². The summed E-state index contributed by atoms with van der Waals surface area (Å²) < 4.78 is 15.3. The van der Waals surface area contributed by atoms with E-state index in [1.807, 2.05) is 32.0 Å². The highest BCUT2D eigenvalue weighted by Gasteiger charge is 2.41. The zero-order valence-electron chi connectivity index (χ0n) is 26.5. The van der Waals surface area contributed by atoms with Crippen LogP contribution in [0.25, 0.3) is 0 Å². The van der Waals surface area contributed by atoms with Gasteiger partial charge in [-0.25, -0.2) is 4.39 Å². The topological polar surface area (TPSA) is 64.7 Å². The summed E-state index contributed by atoms with van der Waals surface area (Å²) in [5.74, 6) is -1.23. The number of nitrogens with zero attached hydrogens (tertiary/aromatic N) is 2. The molecule has 2 heterocycles. The number of likely N-dealkylation sites (tertiary alicyclic amines) is 1. The summed E-state index contributed by atoms with van der Waals surface area (Å²) in [6.45, 7) is 8.56. The van der Waals surface area contributed by atoms with Crippen LogP contribution in [0, 0.1) is 18.8 Å². The molecule has 2 saturated heterocycles. The summed E-state index contributed by atoms with van der Waals surface area (Å²) in [4.78, 5) is 32.5. The third kappa shape index (κ3) is 6.29. The molecule has 4 aliphatic rings. The molecule has 234 valence electrons. The Labute approximate surface area is 261 Å². The van der Waals surface area contributed by atoms with E-state index in [0.29, 0.717) is 31.8 Å². The lowest BCUT2D eigenvalue weighted by Gasteiger charge is -2.42. The van der Waals surface area contributed by atoms with Crippen LogP contribution in [0.1, 0.15) is 88.8 Å². The molecule has 2 N–H and O–H groups in total. The molecule has 1 saturated carbocycles. The number of hydrogen-bond donors (Lipinski definition) is 2. The number of piperidine rings is 1. The summed E-state index contributed by atoms with van der Waals surface area (Å²) in [6, 6.07) is 14.3. The van der Waals surface area contributed by atoms with Crippen molar-refractivity contribution in [3.63, 3.8) is 0 Å². The molecule has 44 heavy (non-hydrogen) atoms. The molecule has 1 unspecified atom stereocenters. The lowest BCUT2D eigenvalue weighted by atomic mass is 9.82. The number of allylic oxidation sites excluding steroid dienone is 2. The number of anilines is 3. The molecule has 3 atom stereocenters. The van der Waals surface area contributed by atoms with Crippen molar-refractivity contribution < 1.29 is 14.0 Å². The molecule has 6 nitrogen and oxygen atoms in total. The zero-order chi connectivity index (χ0) is 30.8. The van der Waals surface area contributed by atoms with E-state index >= 15 is 4.39 Å². The van der Waals surface area contributed by atoms with E-state index in [0.717, 1.165) is 35.6 Å². The van der Waals surface area contributed by atoms with Crippen LogP contribution >= 0.6 is 0 Å². The van der Waals surface area contributed by atoms with E-state index in [1.54, 1.807) is 4.90 Å². The second-order valence-corrected chi connectivity index (χ2v) is 13.4. The molecule has 2 aliphatic heterocycles. The summed E-state index contributed by atoms with van der Waals surface area (Å²) >= 11 is 0. The van der Waals surface area contributed by atoms with Crippen LogP contribution in [0.2, 0.25) is 0 Å². The average Bonchev–Trinajstić information content (AvgIpc) is 3.75. The van der Waals surface area contributed by atoms with Crippen LogP contribution in [0.3, 0.4) is 0 Å². The molecule has 3 fully saturated rings. The van der Waals surface area contributed by atoms with Crippen molar-refractivity contribution >= 4 is 28.9 Å². The molecule has 0 bridgehead atoms. The van der Waals surface area contributed by atoms with Gasteiger partial charge in [-0.2, -0.15) is 0 Å². The van der Waals surface area contributed by atoms with Gasteiger partial charge in [-0.05, 0) is 106 Å². The van der Waals surface area contributed by atoms with Gasteiger partial charge < -0.3 is 20.4 Å². The molecule has 6 rings (SSSR count). The minimum absolute atomic E-state index is 0.100. The second-order valence-electron chi connectivity index (χ2n) is 13.4. The van der Waals surface area contributed by atoms with Gasteiger partial charge in [0.2, 0.25) is 5.91 Å². The smallest absolute Gasteiger partial charge is 0.257 e. The lowest BCUT2D eigenvalue weighted by Crippen LogP contribution is -2.47. The van der Waals surface area contributed by atoms with Crippen molar-refractivity contribution in [1.82, 2.24) is 4.90 Å². The monoisotopic (exact) mass is 598 g/mol. The first-order valence-corrected chi connectivity index (χ1v) is 16.7. The Morgan fingerprint density at radius 1 is 0.864 bits per heavy atom. The molecule has 2 aromatic rings. The van der Waals surface area contributed by atoms with Gasteiger partial charge in [-0.3, -0.25) is 9.59 Å². The van der Waals surface area contributed by atoms with Gasteiger partial charge in [-0.1, -0.05) is 43.5 Å². The first kappa shape index (κ1) is 30.4. The first-order chi connectivity index (χ1) is 21.3. The fourth-order valence-electron chi connectivity index (χ4n) is 7.62. The summed E-state index contributed by atoms with van der Waals surface area (Å²) in [5, 5.41) is 6.86. The number of carbonyl (C=O) groups is 2. The largest absolute Gasteiger partial charge is 0.382 e. The Balaban J connectivity index is 1.30. The number of amides is 2. The SMILES string of the molecule is CC1=C(C(=O)N2CCC[C@@H](C(=O)Nc3ccc(C)c(N4CCCC4)c3)[C@H]2c2ccc(NC3CCCC3)cc2)C(F)=CCC1C. The van der Waals surface area contributed by atoms with Crippen molar-refractivity contribution in [2.45, 2.75) is 90.6 Å². The second kappa shape index (κ2) is 13.2. The maximum absolute atomic E-state index is 15.3. The molecule has 2 aromatic carbocycles. The molecule has 0 radical (unpaired) electrons. The van der Waals surface area contributed by atoms with Crippen LogP contribution in [0.15, 0.2) is 65.5 Å². The summed E-state index contributed by atoms with van der Waals surface area (Å²) in [6.07, 6.45) is 10.7. The number of carbonyl (C=O) groups excluding carboxylic acids is 2. The highest BCUT2D eigenvalue weighted by molar-refractivity contribution is 6.00. The third-order valence-electron chi connectivity index (χ3n) is 10.4. The van der Waals surface area contributed by atoms with Crippen molar-refractivity contribution in [2.24, 2.45) is 11.8 Å². The lowest BCUT2D eigenvalue weighted by molar-refractivity contribution is -0.135. The van der Waals surface area contributed by atoms with Gasteiger partial charge in [0.1, 0.15) is 5.83 Å². The Hall–Kier alpha value is -3.61. The Morgan fingerprint density at radius 3 is 2.30 bits per heavy atom. The maximum Gasteiger partial charge on any atom is 0.257 e. The van der Waals surface area contributed by atoms with Crippen LogP contribution in [-0.2, 0) is 9.59 Å². The van der Waals surface area contributed by atoms with E-state index in [-0.39, 0.29) is 23.3 Å². The Kier molecular flexibility index (Phi) is 9.11. The molecule has 7 heteroatoms. The summed E-state index contributed by atoms with van der Waals surface area (Å²) in [7, 11) is 0. The number of benzene rings is 2. The fourth-order valence-corrected chi connectivity index (χ4v) is 7.62. The predicted octanol–water partition coefficient (Wildman–Crippen LogP) is 8.08. The molecule has 0 aromatic heterocycles. The van der Waals surface area contributed by atoms with Crippen LogP contribution in [0.4, 0.5) is 21.5 Å². The number of nitrogens with one attached hydrogen (secondary N) is 2. The minimum atomic E-state index is -0.495. The van der Waals surface area contributed by atoms with Gasteiger partial charge in [-0.15, -0.1) is 0 Å². The summed E-state index contributed by atoms with van der Waals surface area (Å²) in [5.41, 5.74) is 6.05. The fraction of sp³-hybridized carbons (Fsp3) is 0.514. The molecule has 2 amide bonds. The van der Waals surface area contributed by atoms with E-state index in [9.17, 15) is 9.59 Å². The predicted molar refractivity (Wildman–Crippen MR) is 176 cm³/mol.